The molecule has 0 spiro atoms. The van der Waals surface area contributed by atoms with Crippen LogP contribution in [0.15, 0.2) is 71.4 Å². The SMILES string of the molecule is CC(C)c1ccc([C@H](C)NC(=O)c2ccc(-c3c(-c4ccc(F)cc4)ncn3C3CCCC3)o2)cc1. The highest BCUT2D eigenvalue weighted by molar-refractivity contribution is 5.92. The van der Waals surface area contributed by atoms with E-state index in [0.717, 1.165) is 35.4 Å². The summed E-state index contributed by atoms with van der Waals surface area (Å²) in [5.74, 6) is 0.734. The fourth-order valence-corrected chi connectivity index (χ4v) is 4.99. The number of hydrogen-bond donors (Lipinski definition) is 1. The third-order valence-corrected chi connectivity index (χ3v) is 7.14. The van der Waals surface area contributed by atoms with E-state index in [1.165, 1.54) is 30.5 Å². The molecule has 186 valence electrons. The van der Waals surface area contributed by atoms with Crippen molar-refractivity contribution < 1.29 is 13.6 Å². The lowest BCUT2D eigenvalue weighted by molar-refractivity contribution is 0.0912. The first-order valence-electron chi connectivity index (χ1n) is 12.7. The molecule has 2 aromatic heterocycles. The van der Waals surface area contributed by atoms with Crippen LogP contribution in [0.5, 0.6) is 0 Å². The summed E-state index contributed by atoms with van der Waals surface area (Å²) >= 11 is 0. The van der Waals surface area contributed by atoms with Gasteiger partial charge < -0.3 is 14.3 Å². The lowest BCUT2D eigenvalue weighted by atomic mass is 9.99. The van der Waals surface area contributed by atoms with Crippen molar-refractivity contribution in [3.05, 3.63) is 89.7 Å². The molecule has 0 radical (unpaired) electrons. The fourth-order valence-electron chi connectivity index (χ4n) is 4.99. The molecule has 1 amide bonds. The second-order valence-electron chi connectivity index (χ2n) is 9.97. The van der Waals surface area contributed by atoms with Crippen molar-refractivity contribution in [3.63, 3.8) is 0 Å². The maximum Gasteiger partial charge on any atom is 0.287 e. The van der Waals surface area contributed by atoms with Gasteiger partial charge in [-0.3, -0.25) is 4.79 Å². The van der Waals surface area contributed by atoms with E-state index in [2.05, 4.69) is 53.0 Å². The van der Waals surface area contributed by atoms with Crippen LogP contribution in [0.2, 0.25) is 0 Å². The van der Waals surface area contributed by atoms with Crippen molar-refractivity contribution in [2.24, 2.45) is 0 Å². The summed E-state index contributed by atoms with van der Waals surface area (Å²) in [7, 11) is 0. The van der Waals surface area contributed by atoms with Gasteiger partial charge in [-0.1, -0.05) is 51.0 Å². The number of rotatable bonds is 7. The van der Waals surface area contributed by atoms with Crippen molar-refractivity contribution in [2.75, 3.05) is 0 Å². The smallest absolute Gasteiger partial charge is 0.287 e. The Hall–Kier alpha value is -3.67. The number of benzene rings is 2. The number of nitrogens with one attached hydrogen (secondary N) is 1. The summed E-state index contributed by atoms with van der Waals surface area (Å²) < 4.78 is 21.8. The molecule has 1 fully saturated rings. The molecular formula is C30H32FN3O2. The van der Waals surface area contributed by atoms with Gasteiger partial charge in [0.15, 0.2) is 11.5 Å². The zero-order valence-corrected chi connectivity index (χ0v) is 21.0. The van der Waals surface area contributed by atoms with Gasteiger partial charge in [0.2, 0.25) is 0 Å². The van der Waals surface area contributed by atoms with E-state index < -0.39 is 0 Å². The molecular weight excluding hydrogens is 453 g/mol. The first-order chi connectivity index (χ1) is 17.4. The number of amides is 1. The summed E-state index contributed by atoms with van der Waals surface area (Å²) in [5, 5.41) is 3.05. The van der Waals surface area contributed by atoms with Gasteiger partial charge in [0.25, 0.3) is 5.91 Å². The van der Waals surface area contributed by atoms with Crippen molar-refractivity contribution in [1.82, 2.24) is 14.9 Å². The van der Waals surface area contributed by atoms with Gasteiger partial charge in [0.05, 0.1) is 18.1 Å². The highest BCUT2D eigenvalue weighted by Gasteiger charge is 2.26. The van der Waals surface area contributed by atoms with Crippen LogP contribution in [-0.4, -0.2) is 15.5 Å². The Morgan fingerprint density at radius 2 is 1.64 bits per heavy atom. The largest absolute Gasteiger partial charge is 0.449 e. The molecule has 0 aliphatic heterocycles. The minimum atomic E-state index is -0.291. The molecule has 0 saturated heterocycles. The van der Waals surface area contributed by atoms with E-state index in [-0.39, 0.29) is 23.5 Å². The van der Waals surface area contributed by atoms with Crippen LogP contribution in [0, 0.1) is 5.82 Å². The lowest BCUT2D eigenvalue weighted by Gasteiger charge is -2.16. The molecule has 1 atom stereocenters. The molecule has 5 nitrogen and oxygen atoms in total. The highest BCUT2D eigenvalue weighted by Crippen LogP contribution is 2.39. The summed E-state index contributed by atoms with van der Waals surface area (Å²) in [4.78, 5) is 17.7. The van der Waals surface area contributed by atoms with Crippen LogP contribution < -0.4 is 5.32 Å². The van der Waals surface area contributed by atoms with Crippen LogP contribution in [-0.2, 0) is 0 Å². The standard InChI is InChI=1S/C30H32FN3O2/c1-19(2)21-8-10-22(11-9-21)20(3)33-30(35)27-17-16-26(36-27)29-28(23-12-14-24(31)15-13-23)32-18-34(29)25-6-4-5-7-25/h8-20,25H,4-7H2,1-3H3,(H,33,35)/t20-/m0/s1. The number of hydrogen-bond acceptors (Lipinski definition) is 3. The monoisotopic (exact) mass is 485 g/mol. The quantitative estimate of drug-likeness (QED) is 0.292. The Morgan fingerprint density at radius 1 is 0.972 bits per heavy atom. The Balaban J connectivity index is 1.41. The molecule has 1 aliphatic rings. The van der Waals surface area contributed by atoms with Crippen molar-refractivity contribution in [1.29, 1.82) is 0 Å². The van der Waals surface area contributed by atoms with E-state index in [9.17, 15) is 9.18 Å². The maximum atomic E-state index is 13.6. The average molecular weight is 486 g/mol. The summed E-state index contributed by atoms with van der Waals surface area (Å²) in [6, 6.07) is 18.4. The molecule has 2 heterocycles. The van der Waals surface area contributed by atoms with Crippen LogP contribution >= 0.6 is 0 Å². The van der Waals surface area contributed by atoms with Crippen LogP contribution in [0.25, 0.3) is 22.7 Å². The fraction of sp³-hybridized carbons (Fsp3) is 0.333. The number of aromatic nitrogens is 2. The molecule has 4 aromatic rings. The number of nitrogens with zero attached hydrogens (tertiary/aromatic N) is 2. The maximum absolute atomic E-state index is 13.6. The molecule has 1 N–H and O–H groups in total. The lowest BCUT2D eigenvalue weighted by Crippen LogP contribution is -2.26. The van der Waals surface area contributed by atoms with E-state index >= 15 is 0 Å². The van der Waals surface area contributed by atoms with E-state index in [0.29, 0.717) is 17.7 Å². The topological polar surface area (TPSA) is 60.1 Å². The third-order valence-electron chi connectivity index (χ3n) is 7.14. The molecule has 0 bridgehead atoms. The Labute approximate surface area is 211 Å². The molecule has 36 heavy (non-hydrogen) atoms. The van der Waals surface area contributed by atoms with E-state index in [1.54, 1.807) is 18.2 Å². The second-order valence-corrected chi connectivity index (χ2v) is 9.97. The molecule has 0 unspecified atom stereocenters. The number of furan rings is 1. The first-order valence-corrected chi connectivity index (χ1v) is 12.7. The highest BCUT2D eigenvalue weighted by atomic mass is 19.1. The number of imidazole rings is 1. The van der Waals surface area contributed by atoms with Crippen LogP contribution in [0.3, 0.4) is 0 Å². The van der Waals surface area contributed by atoms with Gasteiger partial charge >= 0.3 is 0 Å². The van der Waals surface area contributed by atoms with Gasteiger partial charge in [-0.25, -0.2) is 9.37 Å². The summed E-state index contributed by atoms with van der Waals surface area (Å²) in [5.41, 5.74) is 4.66. The normalized spacial score (nSPS) is 14.9. The van der Waals surface area contributed by atoms with Crippen molar-refractivity contribution in [2.45, 2.75) is 64.5 Å². The molecule has 2 aromatic carbocycles. The van der Waals surface area contributed by atoms with Crippen molar-refractivity contribution >= 4 is 5.91 Å². The van der Waals surface area contributed by atoms with Gasteiger partial charge in [0.1, 0.15) is 11.5 Å². The summed E-state index contributed by atoms with van der Waals surface area (Å²) in [6.45, 7) is 6.29. The zero-order chi connectivity index (χ0) is 25.2. The van der Waals surface area contributed by atoms with Gasteiger partial charge in [0, 0.05) is 11.6 Å². The predicted octanol–water partition coefficient (Wildman–Crippen LogP) is 7.68. The number of halogens is 1. The Kier molecular flexibility index (Phi) is 6.77. The second kappa shape index (κ2) is 10.1. The minimum Gasteiger partial charge on any atom is -0.449 e. The molecule has 5 rings (SSSR count). The summed E-state index contributed by atoms with van der Waals surface area (Å²) in [6.07, 6.45) is 6.35. The Bertz CT molecular complexity index is 1330. The first kappa shape index (κ1) is 24.0. The van der Waals surface area contributed by atoms with Gasteiger partial charge in [-0.2, -0.15) is 0 Å². The average Bonchev–Trinajstić information content (AvgIpc) is 3.64. The third kappa shape index (κ3) is 4.85. The number of carbonyl (C=O) groups is 1. The van der Waals surface area contributed by atoms with Gasteiger partial charge in [-0.05, 0) is 73.2 Å². The van der Waals surface area contributed by atoms with E-state index in [4.69, 9.17) is 4.42 Å². The number of carbonyl (C=O) groups excluding carboxylic acids is 1. The molecule has 6 heteroatoms. The van der Waals surface area contributed by atoms with Crippen LogP contribution in [0.4, 0.5) is 4.39 Å². The van der Waals surface area contributed by atoms with Gasteiger partial charge in [-0.15, -0.1) is 0 Å². The molecule has 1 aliphatic carbocycles. The van der Waals surface area contributed by atoms with Crippen LogP contribution in [0.1, 0.15) is 86.1 Å². The zero-order valence-electron chi connectivity index (χ0n) is 21.0. The van der Waals surface area contributed by atoms with Crippen molar-refractivity contribution in [3.8, 4) is 22.7 Å². The minimum absolute atomic E-state index is 0.161. The van der Waals surface area contributed by atoms with E-state index in [1.807, 2.05) is 19.3 Å². The molecule has 1 saturated carbocycles. The Morgan fingerprint density at radius 3 is 2.31 bits per heavy atom. The predicted molar refractivity (Wildman–Crippen MR) is 139 cm³/mol.